The molecule has 0 saturated carbocycles. The molecule has 0 bridgehead atoms. The number of aromatic nitrogens is 2. The van der Waals surface area contributed by atoms with Gasteiger partial charge in [-0.1, -0.05) is 46.6 Å². The molecule has 0 N–H and O–H groups in total. The maximum Gasteiger partial charge on any atom is 0.237 e. The quantitative estimate of drug-likeness (QED) is 0.570. The van der Waals surface area contributed by atoms with Gasteiger partial charge in [-0.25, -0.2) is 0 Å². The molecule has 0 fully saturated rings. The Balaban J connectivity index is 1.75. The van der Waals surface area contributed by atoms with Crippen LogP contribution in [-0.2, 0) is 5.75 Å². The summed E-state index contributed by atoms with van der Waals surface area (Å²) < 4.78 is 10.5. The Labute approximate surface area is 147 Å². The van der Waals surface area contributed by atoms with E-state index in [1.54, 1.807) is 19.2 Å². The van der Waals surface area contributed by atoms with Crippen LogP contribution in [0.1, 0.15) is 5.89 Å². The summed E-state index contributed by atoms with van der Waals surface area (Å²) in [4.78, 5) is 5.19. The molecule has 0 amide bonds. The molecule has 2 aromatic carbocycles. The van der Waals surface area contributed by atoms with Crippen molar-refractivity contribution in [1.82, 2.24) is 10.1 Å². The Morgan fingerprint density at radius 2 is 1.87 bits per heavy atom. The number of methoxy groups -OCH3 is 1. The van der Waals surface area contributed by atoms with Crippen LogP contribution < -0.4 is 4.74 Å². The summed E-state index contributed by atoms with van der Waals surface area (Å²) in [5, 5.41) is 5.21. The maximum absolute atomic E-state index is 6.14. The molecule has 0 aliphatic rings. The third-order valence-corrected chi connectivity index (χ3v) is 5.03. The first-order valence-electron chi connectivity index (χ1n) is 6.71. The molecule has 118 valence electrons. The molecule has 3 aromatic rings. The molecule has 0 aliphatic carbocycles. The van der Waals surface area contributed by atoms with Gasteiger partial charge in [-0.05, 0) is 24.3 Å². The number of benzene rings is 2. The van der Waals surface area contributed by atoms with Crippen molar-refractivity contribution in [2.75, 3.05) is 7.11 Å². The van der Waals surface area contributed by atoms with Gasteiger partial charge in [-0.3, -0.25) is 0 Å². The lowest BCUT2D eigenvalue weighted by atomic mass is 10.2. The van der Waals surface area contributed by atoms with Crippen LogP contribution in [-0.4, -0.2) is 17.3 Å². The van der Waals surface area contributed by atoms with E-state index in [2.05, 4.69) is 10.1 Å². The van der Waals surface area contributed by atoms with Gasteiger partial charge in [0, 0.05) is 10.5 Å². The van der Waals surface area contributed by atoms with Crippen LogP contribution in [0.15, 0.2) is 51.9 Å². The van der Waals surface area contributed by atoms with Crippen molar-refractivity contribution in [3.63, 3.8) is 0 Å². The Morgan fingerprint density at radius 1 is 1.13 bits per heavy atom. The van der Waals surface area contributed by atoms with E-state index in [0.717, 1.165) is 16.2 Å². The molecule has 0 radical (unpaired) electrons. The van der Waals surface area contributed by atoms with Crippen molar-refractivity contribution in [2.45, 2.75) is 10.6 Å². The second-order valence-corrected chi connectivity index (χ2v) is 6.38. The van der Waals surface area contributed by atoms with Crippen molar-refractivity contribution >= 4 is 35.0 Å². The van der Waals surface area contributed by atoms with Crippen molar-refractivity contribution in [2.24, 2.45) is 0 Å². The fraction of sp³-hybridized carbons (Fsp3) is 0.125. The van der Waals surface area contributed by atoms with Crippen molar-refractivity contribution in [1.29, 1.82) is 0 Å². The minimum atomic E-state index is 0.487. The molecule has 0 aliphatic heterocycles. The number of nitrogens with zero attached hydrogens (tertiary/aromatic N) is 2. The fourth-order valence-corrected chi connectivity index (χ4v) is 3.47. The van der Waals surface area contributed by atoms with Gasteiger partial charge in [0.15, 0.2) is 0 Å². The highest BCUT2D eigenvalue weighted by Crippen LogP contribution is 2.35. The highest BCUT2D eigenvalue weighted by molar-refractivity contribution is 7.98. The van der Waals surface area contributed by atoms with E-state index in [4.69, 9.17) is 32.5 Å². The molecule has 23 heavy (non-hydrogen) atoms. The van der Waals surface area contributed by atoms with Crippen LogP contribution in [0, 0.1) is 0 Å². The first kappa shape index (κ1) is 16.2. The second-order valence-electron chi connectivity index (χ2n) is 4.58. The molecule has 3 rings (SSSR count). The summed E-state index contributed by atoms with van der Waals surface area (Å²) in [6.45, 7) is 0. The monoisotopic (exact) mass is 366 g/mol. The standard InChI is InChI=1S/C16H12Cl2N2O2S/c1-21-11-5-2-4-10(8-11)16-19-14(22-20-16)9-23-15-12(17)6-3-7-13(15)18/h2-8H,9H2,1H3. The molecule has 7 heteroatoms. The minimum Gasteiger partial charge on any atom is -0.497 e. The first-order valence-corrected chi connectivity index (χ1v) is 8.45. The number of ether oxygens (including phenoxy) is 1. The third kappa shape index (κ3) is 3.80. The van der Waals surface area contributed by atoms with Gasteiger partial charge in [0.1, 0.15) is 5.75 Å². The van der Waals surface area contributed by atoms with E-state index >= 15 is 0 Å². The van der Waals surface area contributed by atoms with E-state index in [0.29, 0.717) is 27.5 Å². The first-order chi connectivity index (χ1) is 11.2. The predicted octanol–water partition coefficient (Wildman–Crippen LogP) is 5.34. The highest BCUT2D eigenvalue weighted by atomic mass is 35.5. The van der Waals surface area contributed by atoms with E-state index in [-0.39, 0.29) is 0 Å². The van der Waals surface area contributed by atoms with E-state index in [1.807, 2.05) is 30.3 Å². The zero-order valence-electron chi connectivity index (χ0n) is 12.1. The minimum absolute atomic E-state index is 0.487. The van der Waals surface area contributed by atoms with Gasteiger partial charge < -0.3 is 9.26 Å². The van der Waals surface area contributed by atoms with Crippen LogP contribution in [0.25, 0.3) is 11.4 Å². The van der Waals surface area contributed by atoms with Gasteiger partial charge >= 0.3 is 0 Å². The summed E-state index contributed by atoms with van der Waals surface area (Å²) >= 11 is 13.7. The molecule has 1 aromatic heterocycles. The van der Waals surface area contributed by atoms with Crippen LogP contribution in [0.2, 0.25) is 10.0 Å². The van der Waals surface area contributed by atoms with Crippen LogP contribution in [0.5, 0.6) is 5.75 Å². The molecule has 4 nitrogen and oxygen atoms in total. The molecule has 0 saturated heterocycles. The number of rotatable bonds is 5. The number of thioether (sulfide) groups is 1. The van der Waals surface area contributed by atoms with E-state index in [9.17, 15) is 0 Å². The average molecular weight is 367 g/mol. The topological polar surface area (TPSA) is 48.2 Å². The Hall–Kier alpha value is -1.69. The number of halogens is 2. The van der Waals surface area contributed by atoms with Crippen LogP contribution in [0.3, 0.4) is 0 Å². The lowest BCUT2D eigenvalue weighted by Crippen LogP contribution is -1.86. The zero-order chi connectivity index (χ0) is 16.2. The summed E-state index contributed by atoms with van der Waals surface area (Å²) in [6, 6.07) is 12.9. The summed E-state index contributed by atoms with van der Waals surface area (Å²) in [7, 11) is 1.62. The van der Waals surface area contributed by atoms with E-state index in [1.165, 1.54) is 11.8 Å². The molecular formula is C16H12Cl2N2O2S. The normalized spacial score (nSPS) is 10.7. The zero-order valence-corrected chi connectivity index (χ0v) is 14.5. The smallest absolute Gasteiger partial charge is 0.237 e. The van der Waals surface area contributed by atoms with Crippen molar-refractivity contribution < 1.29 is 9.26 Å². The summed E-state index contributed by atoms with van der Waals surface area (Å²) in [5.74, 6) is 2.25. The van der Waals surface area contributed by atoms with Gasteiger partial charge in [-0.2, -0.15) is 4.98 Å². The Bertz CT molecular complexity index is 803. The summed E-state index contributed by atoms with van der Waals surface area (Å²) in [6.07, 6.45) is 0. The molecular weight excluding hydrogens is 355 g/mol. The highest BCUT2D eigenvalue weighted by Gasteiger charge is 2.12. The molecule has 0 spiro atoms. The molecule has 1 heterocycles. The van der Waals surface area contributed by atoms with Gasteiger partial charge in [0.25, 0.3) is 0 Å². The Kier molecular flexibility index (Phi) is 5.10. The van der Waals surface area contributed by atoms with Crippen LogP contribution in [0.4, 0.5) is 0 Å². The maximum atomic E-state index is 6.14. The van der Waals surface area contributed by atoms with E-state index < -0.39 is 0 Å². The van der Waals surface area contributed by atoms with Gasteiger partial charge in [-0.15, -0.1) is 11.8 Å². The predicted molar refractivity (Wildman–Crippen MR) is 92.3 cm³/mol. The largest absolute Gasteiger partial charge is 0.497 e. The van der Waals surface area contributed by atoms with Gasteiger partial charge in [0.05, 0.1) is 22.9 Å². The fourth-order valence-electron chi connectivity index (χ4n) is 1.95. The van der Waals surface area contributed by atoms with Crippen molar-refractivity contribution in [3.8, 4) is 17.1 Å². The SMILES string of the molecule is COc1cccc(-c2noc(CSc3c(Cl)cccc3Cl)n2)c1. The van der Waals surface area contributed by atoms with Gasteiger partial charge in [0.2, 0.25) is 11.7 Å². The summed E-state index contributed by atoms with van der Waals surface area (Å²) in [5.41, 5.74) is 0.833. The second kappa shape index (κ2) is 7.25. The Morgan fingerprint density at radius 3 is 2.61 bits per heavy atom. The molecule has 0 atom stereocenters. The average Bonchev–Trinajstić information content (AvgIpc) is 3.03. The van der Waals surface area contributed by atoms with Crippen molar-refractivity contribution in [3.05, 3.63) is 58.4 Å². The lowest BCUT2D eigenvalue weighted by Gasteiger charge is -2.03. The number of hydrogen-bond acceptors (Lipinski definition) is 5. The van der Waals surface area contributed by atoms with Crippen LogP contribution >= 0.6 is 35.0 Å². The lowest BCUT2D eigenvalue weighted by molar-refractivity contribution is 0.391. The number of hydrogen-bond donors (Lipinski definition) is 0. The third-order valence-electron chi connectivity index (χ3n) is 3.05. The molecule has 0 unspecified atom stereocenters.